The molecule has 0 aromatic heterocycles. The van der Waals surface area contributed by atoms with E-state index in [4.69, 9.17) is 9.47 Å². The van der Waals surface area contributed by atoms with E-state index in [-0.39, 0.29) is 11.9 Å². The summed E-state index contributed by atoms with van der Waals surface area (Å²) in [5.41, 5.74) is 1.58. The van der Waals surface area contributed by atoms with Crippen LogP contribution in [0.2, 0.25) is 0 Å². The predicted molar refractivity (Wildman–Crippen MR) is 107 cm³/mol. The van der Waals surface area contributed by atoms with Crippen LogP contribution in [0.15, 0.2) is 48.5 Å². The Hall–Kier alpha value is -3.22. The number of methoxy groups -OCH3 is 2. The largest absolute Gasteiger partial charge is 0.497 e. The van der Waals surface area contributed by atoms with Gasteiger partial charge in [-0.3, -0.25) is 4.79 Å². The molecule has 7 nitrogen and oxygen atoms in total. The summed E-state index contributed by atoms with van der Waals surface area (Å²) in [6, 6.07) is 14.1. The fraction of sp³-hybridized carbons (Fsp3) is 0.333. The van der Waals surface area contributed by atoms with Crippen LogP contribution in [0.3, 0.4) is 0 Å². The Morgan fingerprint density at radius 3 is 2.39 bits per heavy atom. The van der Waals surface area contributed by atoms with Crippen LogP contribution in [0.5, 0.6) is 11.5 Å². The summed E-state index contributed by atoms with van der Waals surface area (Å²) in [7, 11) is 3.10. The van der Waals surface area contributed by atoms with Gasteiger partial charge >= 0.3 is 6.03 Å². The quantitative estimate of drug-likeness (QED) is 0.804. The normalized spacial score (nSPS) is 15.8. The number of carbonyl (C=O) groups is 2. The van der Waals surface area contributed by atoms with Crippen LogP contribution in [-0.4, -0.2) is 43.6 Å². The molecule has 1 aliphatic heterocycles. The minimum atomic E-state index is -0.507. The zero-order valence-electron chi connectivity index (χ0n) is 16.1. The Morgan fingerprint density at radius 2 is 1.75 bits per heavy atom. The highest BCUT2D eigenvalue weighted by Gasteiger charge is 2.34. The van der Waals surface area contributed by atoms with Crippen LogP contribution in [0.1, 0.15) is 18.4 Å². The summed E-state index contributed by atoms with van der Waals surface area (Å²) in [4.78, 5) is 27.0. The molecule has 2 N–H and O–H groups in total. The number of rotatable bonds is 6. The highest BCUT2D eigenvalue weighted by molar-refractivity contribution is 5.97. The summed E-state index contributed by atoms with van der Waals surface area (Å²) in [6.07, 6.45) is 1.42. The Labute approximate surface area is 164 Å². The third-order valence-electron chi connectivity index (χ3n) is 4.72. The van der Waals surface area contributed by atoms with E-state index >= 15 is 0 Å². The third kappa shape index (κ3) is 4.73. The second-order valence-electron chi connectivity index (χ2n) is 6.59. The first-order valence-corrected chi connectivity index (χ1v) is 9.23. The van der Waals surface area contributed by atoms with Gasteiger partial charge in [0.15, 0.2) is 0 Å². The van der Waals surface area contributed by atoms with Gasteiger partial charge in [-0.2, -0.15) is 0 Å². The van der Waals surface area contributed by atoms with Crippen LogP contribution >= 0.6 is 0 Å². The molecule has 1 aliphatic rings. The summed E-state index contributed by atoms with van der Waals surface area (Å²) in [6.45, 7) is 0.984. The van der Waals surface area contributed by atoms with E-state index in [0.29, 0.717) is 36.7 Å². The second-order valence-corrected chi connectivity index (χ2v) is 6.59. The molecule has 148 valence electrons. The Balaban J connectivity index is 1.63. The molecular weight excluding hydrogens is 358 g/mol. The number of urea groups is 1. The van der Waals surface area contributed by atoms with Crippen molar-refractivity contribution in [2.24, 2.45) is 0 Å². The number of nitrogens with one attached hydrogen (secondary N) is 2. The van der Waals surface area contributed by atoms with E-state index in [1.807, 2.05) is 30.3 Å². The highest BCUT2D eigenvalue weighted by Crippen LogP contribution is 2.27. The van der Waals surface area contributed by atoms with Gasteiger partial charge in [0.2, 0.25) is 5.91 Å². The Morgan fingerprint density at radius 1 is 1.07 bits per heavy atom. The molecule has 0 aliphatic carbocycles. The number of carbonyl (C=O) groups excluding carboxylic acids is 2. The van der Waals surface area contributed by atoms with Gasteiger partial charge in [-0.15, -0.1) is 0 Å². The lowest BCUT2D eigenvalue weighted by Gasteiger charge is -2.24. The first-order chi connectivity index (χ1) is 13.6. The summed E-state index contributed by atoms with van der Waals surface area (Å²) in [5, 5.41) is 5.76. The van der Waals surface area contributed by atoms with E-state index in [2.05, 4.69) is 10.6 Å². The number of ether oxygens (including phenoxy) is 2. The van der Waals surface area contributed by atoms with Crippen LogP contribution in [0.25, 0.3) is 0 Å². The molecule has 1 saturated heterocycles. The molecule has 1 fully saturated rings. The lowest BCUT2D eigenvalue weighted by atomic mass is 10.2. The van der Waals surface area contributed by atoms with Gasteiger partial charge in [0.05, 0.1) is 14.2 Å². The van der Waals surface area contributed by atoms with E-state index < -0.39 is 6.04 Å². The fourth-order valence-electron chi connectivity index (χ4n) is 3.26. The zero-order valence-corrected chi connectivity index (χ0v) is 16.1. The zero-order chi connectivity index (χ0) is 19.9. The molecule has 7 heteroatoms. The van der Waals surface area contributed by atoms with Crippen molar-refractivity contribution in [1.82, 2.24) is 10.2 Å². The van der Waals surface area contributed by atoms with Crippen molar-refractivity contribution < 1.29 is 19.1 Å². The molecule has 0 bridgehead atoms. The molecule has 1 heterocycles. The molecular formula is C21H25N3O4. The topological polar surface area (TPSA) is 79.9 Å². The summed E-state index contributed by atoms with van der Waals surface area (Å²) in [5.74, 6) is 0.944. The molecule has 2 aromatic rings. The van der Waals surface area contributed by atoms with Crippen LogP contribution < -0.4 is 20.1 Å². The number of benzene rings is 2. The van der Waals surface area contributed by atoms with E-state index in [9.17, 15) is 9.59 Å². The fourth-order valence-corrected chi connectivity index (χ4v) is 3.26. The smallest absolute Gasteiger partial charge is 0.318 e. The number of anilines is 1. The third-order valence-corrected chi connectivity index (χ3v) is 4.72. The maximum Gasteiger partial charge on any atom is 0.318 e. The molecule has 0 radical (unpaired) electrons. The van der Waals surface area contributed by atoms with Gasteiger partial charge in [0.25, 0.3) is 0 Å². The Kier molecular flexibility index (Phi) is 6.37. The minimum Gasteiger partial charge on any atom is -0.497 e. The number of likely N-dealkylation sites (tertiary alicyclic amines) is 1. The van der Waals surface area contributed by atoms with Gasteiger partial charge in [-0.1, -0.05) is 30.3 Å². The van der Waals surface area contributed by atoms with Gasteiger partial charge in [0.1, 0.15) is 17.5 Å². The van der Waals surface area contributed by atoms with E-state index in [1.54, 1.807) is 37.3 Å². The summed E-state index contributed by atoms with van der Waals surface area (Å²) >= 11 is 0. The standard InChI is InChI=1S/C21H25N3O4/c1-27-17-11-16(12-18(13-17)28-2)23-20(25)19-9-6-10-24(19)21(26)22-14-15-7-4-3-5-8-15/h3-5,7-8,11-13,19H,6,9-10,14H2,1-2H3,(H,22,26)(H,23,25)/t19-/m1/s1. The number of nitrogens with zero attached hydrogens (tertiary/aromatic N) is 1. The number of hydrogen-bond acceptors (Lipinski definition) is 4. The lowest BCUT2D eigenvalue weighted by Crippen LogP contribution is -2.47. The molecule has 0 saturated carbocycles. The number of amides is 3. The molecule has 28 heavy (non-hydrogen) atoms. The highest BCUT2D eigenvalue weighted by atomic mass is 16.5. The monoisotopic (exact) mass is 383 g/mol. The van der Waals surface area contributed by atoms with Crippen molar-refractivity contribution in [3.8, 4) is 11.5 Å². The van der Waals surface area contributed by atoms with Gasteiger partial charge < -0.3 is 25.0 Å². The van der Waals surface area contributed by atoms with Crippen LogP contribution in [-0.2, 0) is 11.3 Å². The van der Waals surface area contributed by atoms with Crippen molar-refractivity contribution >= 4 is 17.6 Å². The minimum absolute atomic E-state index is 0.220. The average Bonchev–Trinajstić information content (AvgIpc) is 3.22. The van der Waals surface area contributed by atoms with E-state index in [0.717, 1.165) is 12.0 Å². The first kappa shape index (κ1) is 19.5. The van der Waals surface area contributed by atoms with Crippen molar-refractivity contribution in [2.45, 2.75) is 25.4 Å². The Bertz CT molecular complexity index is 803. The van der Waals surface area contributed by atoms with Crippen LogP contribution in [0.4, 0.5) is 10.5 Å². The van der Waals surface area contributed by atoms with Crippen molar-refractivity contribution in [1.29, 1.82) is 0 Å². The lowest BCUT2D eigenvalue weighted by molar-refractivity contribution is -0.119. The van der Waals surface area contributed by atoms with Crippen molar-refractivity contribution in [2.75, 3.05) is 26.1 Å². The molecule has 0 unspecified atom stereocenters. The molecule has 2 aromatic carbocycles. The molecule has 3 rings (SSSR count). The predicted octanol–water partition coefficient (Wildman–Crippen LogP) is 3.02. The molecule has 1 atom stereocenters. The number of hydrogen-bond donors (Lipinski definition) is 2. The average molecular weight is 383 g/mol. The summed E-state index contributed by atoms with van der Waals surface area (Å²) < 4.78 is 10.5. The van der Waals surface area contributed by atoms with Gasteiger partial charge in [0, 0.05) is 37.0 Å². The van der Waals surface area contributed by atoms with E-state index in [1.165, 1.54) is 0 Å². The van der Waals surface area contributed by atoms with Crippen LogP contribution in [0, 0.1) is 0 Å². The maximum atomic E-state index is 12.8. The maximum absolute atomic E-state index is 12.8. The second kappa shape index (κ2) is 9.12. The van der Waals surface area contributed by atoms with Gasteiger partial charge in [-0.05, 0) is 18.4 Å². The molecule has 3 amide bonds. The molecule has 0 spiro atoms. The SMILES string of the molecule is COc1cc(NC(=O)[C@H]2CCCN2C(=O)NCc2ccccc2)cc(OC)c1. The van der Waals surface area contributed by atoms with Crippen molar-refractivity contribution in [3.05, 3.63) is 54.1 Å². The van der Waals surface area contributed by atoms with Crippen molar-refractivity contribution in [3.63, 3.8) is 0 Å². The van der Waals surface area contributed by atoms with Gasteiger partial charge in [-0.25, -0.2) is 4.79 Å². The first-order valence-electron chi connectivity index (χ1n) is 9.23.